The Morgan fingerprint density at radius 2 is 1.59 bits per heavy atom. The van der Waals surface area contributed by atoms with E-state index < -0.39 is 6.10 Å². The lowest BCUT2D eigenvalue weighted by atomic mass is 9.82. The first-order valence-corrected chi connectivity index (χ1v) is 12.5. The van der Waals surface area contributed by atoms with Gasteiger partial charge in [0, 0.05) is 24.9 Å². The molecule has 0 aromatic heterocycles. The number of unbranched alkanes of at least 4 members (excludes halogenated alkanes) is 2. The highest BCUT2D eigenvalue weighted by molar-refractivity contribution is 5.96. The number of phenolic OH excluding ortho intramolecular Hbond substituents is 1. The fraction of sp³-hybridized carbons (Fsp3) is 0.692. The van der Waals surface area contributed by atoms with Crippen molar-refractivity contribution in [2.45, 2.75) is 89.2 Å². The quantitative estimate of drug-likeness (QED) is 0.334. The van der Waals surface area contributed by atoms with Gasteiger partial charge >= 0.3 is 0 Å². The van der Waals surface area contributed by atoms with Crippen LogP contribution in [0.3, 0.4) is 0 Å². The fourth-order valence-corrected chi connectivity index (χ4v) is 5.11. The molecule has 1 saturated carbocycles. The van der Waals surface area contributed by atoms with Crippen molar-refractivity contribution in [3.8, 4) is 5.75 Å². The smallest absolute Gasteiger partial charge is 0.220 e. The van der Waals surface area contributed by atoms with E-state index in [1.807, 2.05) is 0 Å². The molecule has 2 atom stereocenters. The zero-order chi connectivity index (χ0) is 22.8. The van der Waals surface area contributed by atoms with Crippen molar-refractivity contribution >= 4 is 11.7 Å². The van der Waals surface area contributed by atoms with Gasteiger partial charge in [0.05, 0.1) is 12.1 Å². The molecular formula is C26H40N2O4. The monoisotopic (exact) mass is 444 g/mol. The van der Waals surface area contributed by atoms with E-state index >= 15 is 0 Å². The van der Waals surface area contributed by atoms with Crippen LogP contribution in [0.1, 0.15) is 87.4 Å². The van der Waals surface area contributed by atoms with Crippen molar-refractivity contribution in [3.05, 3.63) is 29.8 Å². The molecule has 1 aromatic rings. The lowest BCUT2D eigenvalue weighted by Crippen LogP contribution is -2.52. The van der Waals surface area contributed by atoms with Gasteiger partial charge in [-0.3, -0.25) is 9.59 Å². The average Bonchev–Trinajstić information content (AvgIpc) is 3.32. The topological polar surface area (TPSA) is 89.9 Å². The summed E-state index contributed by atoms with van der Waals surface area (Å²) in [6.07, 6.45) is 10.8. The molecule has 2 fully saturated rings. The van der Waals surface area contributed by atoms with Crippen LogP contribution in [0.25, 0.3) is 0 Å². The molecule has 1 saturated heterocycles. The molecule has 1 amide bonds. The van der Waals surface area contributed by atoms with E-state index in [2.05, 4.69) is 10.2 Å². The Hall–Kier alpha value is -1.92. The highest BCUT2D eigenvalue weighted by Gasteiger charge is 2.31. The maximum absolute atomic E-state index is 12.6. The summed E-state index contributed by atoms with van der Waals surface area (Å²) in [7, 11) is 0. The number of phenols is 1. The first-order valence-electron chi connectivity index (χ1n) is 12.5. The van der Waals surface area contributed by atoms with Crippen molar-refractivity contribution in [2.24, 2.45) is 5.92 Å². The third kappa shape index (κ3) is 7.89. The molecule has 3 rings (SSSR count). The number of hydrogen-bond donors (Lipinski definition) is 3. The number of aromatic hydroxyl groups is 1. The van der Waals surface area contributed by atoms with Gasteiger partial charge in [-0.05, 0) is 81.8 Å². The molecule has 32 heavy (non-hydrogen) atoms. The fourth-order valence-electron chi connectivity index (χ4n) is 5.11. The van der Waals surface area contributed by atoms with Gasteiger partial charge in [0.25, 0.3) is 0 Å². The second-order valence-electron chi connectivity index (χ2n) is 9.60. The normalized spacial score (nSPS) is 19.5. The van der Waals surface area contributed by atoms with Gasteiger partial charge < -0.3 is 20.4 Å². The van der Waals surface area contributed by atoms with Crippen LogP contribution in [0.2, 0.25) is 0 Å². The lowest BCUT2D eigenvalue weighted by Gasteiger charge is -2.34. The van der Waals surface area contributed by atoms with Crippen LogP contribution < -0.4 is 5.32 Å². The van der Waals surface area contributed by atoms with Gasteiger partial charge in [-0.2, -0.15) is 0 Å². The Balaban J connectivity index is 1.39. The number of carbonyl (C=O) groups is 2. The molecule has 3 N–H and O–H groups in total. The molecule has 2 unspecified atom stereocenters. The Kier molecular flexibility index (Phi) is 10.0. The molecule has 0 radical (unpaired) electrons. The van der Waals surface area contributed by atoms with E-state index in [1.165, 1.54) is 44.2 Å². The van der Waals surface area contributed by atoms with E-state index in [9.17, 15) is 19.8 Å². The maximum Gasteiger partial charge on any atom is 0.220 e. The summed E-state index contributed by atoms with van der Waals surface area (Å²) < 4.78 is 0. The standard InChI is InChI=1S/C26H40N2O4/c29-22-15-13-20(14-16-22)24(30)11-5-2-6-12-25(31)27-23(19-28-17-7-8-18-28)26(32)21-9-3-1-4-10-21/h13-16,21,23,26,29,32H,1-12,17-19H2,(H,27,31). The zero-order valence-corrected chi connectivity index (χ0v) is 19.3. The number of nitrogens with zero attached hydrogens (tertiary/aromatic N) is 1. The molecule has 1 aromatic carbocycles. The highest BCUT2D eigenvalue weighted by Crippen LogP contribution is 2.28. The summed E-state index contributed by atoms with van der Waals surface area (Å²) in [4.78, 5) is 27.2. The second-order valence-corrected chi connectivity index (χ2v) is 9.60. The van der Waals surface area contributed by atoms with Gasteiger partial charge in [0.2, 0.25) is 5.91 Å². The molecule has 0 spiro atoms. The van der Waals surface area contributed by atoms with Crippen molar-refractivity contribution < 1.29 is 19.8 Å². The molecular weight excluding hydrogens is 404 g/mol. The molecule has 1 aliphatic heterocycles. The third-order valence-corrected chi connectivity index (χ3v) is 7.04. The number of nitrogens with one attached hydrogen (secondary N) is 1. The number of rotatable bonds is 12. The largest absolute Gasteiger partial charge is 0.508 e. The molecule has 6 nitrogen and oxygen atoms in total. The minimum atomic E-state index is -0.470. The van der Waals surface area contributed by atoms with Crippen molar-refractivity contribution in [1.29, 1.82) is 0 Å². The van der Waals surface area contributed by atoms with Crippen LogP contribution in [-0.2, 0) is 4.79 Å². The van der Waals surface area contributed by atoms with Crippen LogP contribution in [0.15, 0.2) is 24.3 Å². The predicted molar refractivity (Wildman–Crippen MR) is 126 cm³/mol. The Labute approximate surface area is 192 Å². The van der Waals surface area contributed by atoms with Gasteiger partial charge in [0.15, 0.2) is 5.78 Å². The Bertz CT molecular complexity index is 709. The summed E-state index contributed by atoms with van der Waals surface area (Å²) >= 11 is 0. The van der Waals surface area contributed by atoms with Crippen LogP contribution >= 0.6 is 0 Å². The molecule has 6 heteroatoms. The molecule has 1 heterocycles. The van der Waals surface area contributed by atoms with Crippen molar-refractivity contribution in [2.75, 3.05) is 19.6 Å². The summed E-state index contributed by atoms with van der Waals surface area (Å²) in [5.41, 5.74) is 0.613. The molecule has 178 valence electrons. The second kappa shape index (κ2) is 12.9. The number of benzene rings is 1. The molecule has 2 aliphatic rings. The Morgan fingerprint density at radius 3 is 2.28 bits per heavy atom. The minimum Gasteiger partial charge on any atom is -0.508 e. The highest BCUT2D eigenvalue weighted by atomic mass is 16.3. The van der Waals surface area contributed by atoms with Crippen LogP contribution in [0.5, 0.6) is 5.75 Å². The van der Waals surface area contributed by atoms with E-state index in [-0.39, 0.29) is 23.5 Å². The number of ketones is 1. The number of carbonyl (C=O) groups excluding carboxylic acids is 2. The third-order valence-electron chi connectivity index (χ3n) is 7.04. The van der Waals surface area contributed by atoms with Gasteiger partial charge in [-0.1, -0.05) is 25.7 Å². The van der Waals surface area contributed by atoms with Crippen molar-refractivity contribution in [3.63, 3.8) is 0 Å². The minimum absolute atomic E-state index is 0.00826. The van der Waals surface area contributed by atoms with Crippen LogP contribution in [-0.4, -0.2) is 58.6 Å². The van der Waals surface area contributed by atoms with E-state index in [1.54, 1.807) is 12.1 Å². The summed E-state index contributed by atoms with van der Waals surface area (Å²) in [5, 5.41) is 23.5. The Morgan fingerprint density at radius 1 is 0.938 bits per heavy atom. The van der Waals surface area contributed by atoms with Crippen LogP contribution in [0, 0.1) is 5.92 Å². The number of aliphatic hydroxyl groups is 1. The van der Waals surface area contributed by atoms with Crippen LogP contribution in [0.4, 0.5) is 0 Å². The van der Waals surface area contributed by atoms with Gasteiger partial charge in [-0.25, -0.2) is 0 Å². The molecule has 0 bridgehead atoms. The van der Waals surface area contributed by atoms with Crippen molar-refractivity contribution in [1.82, 2.24) is 10.2 Å². The number of Topliss-reactive ketones (excluding diaryl/α,β-unsaturated/α-hetero) is 1. The van der Waals surface area contributed by atoms with Gasteiger partial charge in [0.1, 0.15) is 5.75 Å². The molecule has 1 aliphatic carbocycles. The first-order chi connectivity index (χ1) is 15.5. The first kappa shape index (κ1) is 24.7. The number of likely N-dealkylation sites (tertiary alicyclic amines) is 1. The zero-order valence-electron chi connectivity index (χ0n) is 19.3. The maximum atomic E-state index is 12.6. The average molecular weight is 445 g/mol. The van der Waals surface area contributed by atoms with E-state index in [0.29, 0.717) is 24.3 Å². The van der Waals surface area contributed by atoms with E-state index in [4.69, 9.17) is 0 Å². The summed E-state index contributed by atoms with van der Waals surface area (Å²) in [6.45, 7) is 2.85. The van der Waals surface area contributed by atoms with Gasteiger partial charge in [-0.15, -0.1) is 0 Å². The summed E-state index contributed by atoms with van der Waals surface area (Å²) in [6, 6.07) is 6.14. The number of hydrogen-bond acceptors (Lipinski definition) is 5. The SMILES string of the molecule is O=C(CCCCCC(=O)c1ccc(O)cc1)NC(CN1CCCC1)C(O)C1CCCCC1. The predicted octanol–water partition coefficient (Wildman–Crippen LogP) is 4.05. The number of amides is 1. The lowest BCUT2D eigenvalue weighted by molar-refractivity contribution is -0.123. The number of aliphatic hydroxyl groups excluding tert-OH is 1. The summed E-state index contributed by atoms with van der Waals surface area (Å²) in [5.74, 6) is 0.524. The van der Waals surface area contributed by atoms with E-state index in [0.717, 1.165) is 51.7 Å².